The van der Waals surface area contributed by atoms with Crippen LogP contribution in [0.15, 0.2) is 5.16 Å². The number of carboxylic acids is 1. The molecule has 1 N–H and O–H groups in total. The fraction of sp³-hybridized carbons (Fsp3) is 0.700. The largest absolute Gasteiger partial charge is 0.481 e. The summed E-state index contributed by atoms with van der Waals surface area (Å²) >= 11 is 1.20. The maximum absolute atomic E-state index is 10.5. The number of anilines is 1. The van der Waals surface area contributed by atoms with E-state index in [1.165, 1.54) is 24.6 Å². The summed E-state index contributed by atoms with van der Waals surface area (Å²) in [6, 6.07) is 0.584. The third-order valence-corrected chi connectivity index (χ3v) is 3.73. The Morgan fingerprint density at radius 3 is 2.82 bits per heavy atom. The summed E-state index contributed by atoms with van der Waals surface area (Å²) in [5.74, 6) is 0.0126. The van der Waals surface area contributed by atoms with Crippen molar-refractivity contribution in [2.24, 2.45) is 7.05 Å². The van der Waals surface area contributed by atoms with Crippen LogP contribution in [0.2, 0.25) is 0 Å². The molecule has 1 heterocycles. The van der Waals surface area contributed by atoms with E-state index in [1.807, 2.05) is 11.6 Å². The molecule has 17 heavy (non-hydrogen) atoms. The van der Waals surface area contributed by atoms with Gasteiger partial charge in [-0.15, -0.1) is 10.2 Å². The zero-order valence-electron chi connectivity index (χ0n) is 9.96. The van der Waals surface area contributed by atoms with Crippen molar-refractivity contribution in [2.45, 2.75) is 31.0 Å². The number of nitrogens with zero attached hydrogens (tertiary/aromatic N) is 4. The van der Waals surface area contributed by atoms with Crippen molar-refractivity contribution in [3.05, 3.63) is 0 Å². The zero-order valence-corrected chi connectivity index (χ0v) is 10.8. The lowest BCUT2D eigenvalue weighted by Gasteiger charge is -2.20. The molecule has 0 atom stereocenters. The first-order valence-corrected chi connectivity index (χ1v) is 6.62. The molecule has 6 nitrogen and oxygen atoms in total. The maximum atomic E-state index is 10.5. The third kappa shape index (κ3) is 2.71. The molecule has 0 spiro atoms. The van der Waals surface area contributed by atoms with E-state index >= 15 is 0 Å². The summed E-state index contributed by atoms with van der Waals surface area (Å²) in [4.78, 5) is 12.7. The van der Waals surface area contributed by atoms with Crippen LogP contribution in [-0.4, -0.2) is 44.2 Å². The summed E-state index contributed by atoms with van der Waals surface area (Å²) in [5, 5.41) is 17.5. The number of carboxylic acid groups (broad SMARTS) is 1. The van der Waals surface area contributed by atoms with Gasteiger partial charge < -0.3 is 10.0 Å². The van der Waals surface area contributed by atoms with E-state index in [0.29, 0.717) is 11.2 Å². The number of rotatable bonds is 6. The van der Waals surface area contributed by atoms with Gasteiger partial charge in [0.05, 0.1) is 5.75 Å². The second-order valence-corrected chi connectivity index (χ2v) is 4.98. The smallest absolute Gasteiger partial charge is 0.313 e. The van der Waals surface area contributed by atoms with Crippen molar-refractivity contribution in [3.63, 3.8) is 0 Å². The summed E-state index contributed by atoms with van der Waals surface area (Å²) in [7, 11) is 1.88. The molecule has 1 saturated carbocycles. The molecule has 1 aromatic heterocycles. The molecule has 1 aliphatic rings. The molecule has 2 rings (SSSR count). The highest BCUT2D eigenvalue weighted by Gasteiger charge is 2.31. The number of hydrogen-bond donors (Lipinski definition) is 1. The molecule has 7 heteroatoms. The molecular weight excluding hydrogens is 240 g/mol. The normalized spacial score (nSPS) is 14.9. The predicted octanol–water partition coefficient (Wildman–Crippen LogP) is 0.980. The molecule has 1 aliphatic carbocycles. The van der Waals surface area contributed by atoms with E-state index in [0.717, 1.165) is 12.5 Å². The maximum Gasteiger partial charge on any atom is 0.313 e. The SMILES string of the molecule is CCN(c1nnc(SCC(=O)O)n1C)C1CC1. The van der Waals surface area contributed by atoms with Gasteiger partial charge in [0, 0.05) is 19.6 Å². The van der Waals surface area contributed by atoms with Gasteiger partial charge in [0.25, 0.3) is 0 Å². The van der Waals surface area contributed by atoms with Gasteiger partial charge in [0.1, 0.15) is 0 Å². The van der Waals surface area contributed by atoms with Crippen LogP contribution in [-0.2, 0) is 11.8 Å². The summed E-state index contributed by atoms with van der Waals surface area (Å²) in [6.45, 7) is 3.00. The van der Waals surface area contributed by atoms with Crippen LogP contribution in [0.25, 0.3) is 0 Å². The number of hydrogen-bond acceptors (Lipinski definition) is 5. The average molecular weight is 256 g/mol. The van der Waals surface area contributed by atoms with Gasteiger partial charge in [-0.3, -0.25) is 9.36 Å². The fourth-order valence-corrected chi connectivity index (χ4v) is 2.38. The van der Waals surface area contributed by atoms with Crippen LogP contribution >= 0.6 is 11.8 Å². The summed E-state index contributed by atoms with van der Waals surface area (Å²) < 4.78 is 1.87. The lowest BCUT2D eigenvalue weighted by atomic mass is 10.5. The summed E-state index contributed by atoms with van der Waals surface area (Å²) in [5.41, 5.74) is 0. The van der Waals surface area contributed by atoms with E-state index in [1.54, 1.807) is 0 Å². The van der Waals surface area contributed by atoms with Gasteiger partial charge in [0.15, 0.2) is 5.16 Å². The lowest BCUT2D eigenvalue weighted by Crippen LogP contribution is -2.27. The fourth-order valence-electron chi connectivity index (χ4n) is 1.76. The van der Waals surface area contributed by atoms with Crippen LogP contribution in [0.1, 0.15) is 19.8 Å². The number of aliphatic carboxylic acids is 1. The van der Waals surface area contributed by atoms with Gasteiger partial charge in [-0.25, -0.2) is 0 Å². The minimum Gasteiger partial charge on any atom is -0.481 e. The van der Waals surface area contributed by atoms with Crippen molar-refractivity contribution >= 4 is 23.7 Å². The number of thioether (sulfide) groups is 1. The van der Waals surface area contributed by atoms with Crippen LogP contribution in [0.3, 0.4) is 0 Å². The Morgan fingerprint density at radius 2 is 2.29 bits per heavy atom. The Kier molecular flexibility index (Phi) is 3.56. The van der Waals surface area contributed by atoms with Crippen molar-refractivity contribution in [3.8, 4) is 0 Å². The molecule has 94 valence electrons. The monoisotopic (exact) mass is 256 g/mol. The Balaban J connectivity index is 2.10. The minimum absolute atomic E-state index is 0.0154. The Hall–Kier alpha value is -1.24. The van der Waals surface area contributed by atoms with Crippen LogP contribution in [0, 0.1) is 0 Å². The van der Waals surface area contributed by atoms with Crippen molar-refractivity contribution in [2.75, 3.05) is 17.2 Å². The lowest BCUT2D eigenvalue weighted by molar-refractivity contribution is -0.133. The highest BCUT2D eigenvalue weighted by atomic mass is 32.2. The Bertz CT molecular complexity index is 416. The topological polar surface area (TPSA) is 71.2 Å². The molecule has 0 unspecified atom stereocenters. The molecule has 0 radical (unpaired) electrons. The van der Waals surface area contributed by atoms with Crippen LogP contribution in [0.5, 0.6) is 0 Å². The average Bonchev–Trinajstić information content (AvgIpc) is 3.05. The Morgan fingerprint density at radius 1 is 1.59 bits per heavy atom. The molecule has 0 saturated heterocycles. The van der Waals surface area contributed by atoms with Gasteiger partial charge in [0.2, 0.25) is 5.95 Å². The van der Waals surface area contributed by atoms with Crippen molar-refractivity contribution < 1.29 is 9.90 Å². The number of aromatic nitrogens is 3. The first kappa shape index (κ1) is 12.2. The molecular formula is C10H16N4O2S. The van der Waals surface area contributed by atoms with Gasteiger partial charge in [-0.1, -0.05) is 11.8 Å². The quantitative estimate of drug-likeness (QED) is 0.765. The first-order chi connectivity index (χ1) is 8.13. The second-order valence-electron chi connectivity index (χ2n) is 4.04. The van der Waals surface area contributed by atoms with Gasteiger partial charge >= 0.3 is 5.97 Å². The third-order valence-electron chi connectivity index (χ3n) is 2.72. The first-order valence-electron chi connectivity index (χ1n) is 5.64. The highest BCUT2D eigenvalue weighted by Crippen LogP contribution is 2.31. The van der Waals surface area contributed by atoms with Crippen LogP contribution < -0.4 is 4.90 Å². The molecule has 0 bridgehead atoms. The van der Waals surface area contributed by atoms with Gasteiger partial charge in [-0.2, -0.15) is 0 Å². The van der Waals surface area contributed by atoms with E-state index in [-0.39, 0.29) is 5.75 Å². The standard InChI is InChI=1S/C10H16N4O2S/c1-3-14(7-4-5-7)9-11-12-10(13(9)2)17-6-8(15)16/h7H,3-6H2,1-2H3,(H,15,16). The zero-order chi connectivity index (χ0) is 12.4. The van der Waals surface area contributed by atoms with Crippen molar-refractivity contribution in [1.29, 1.82) is 0 Å². The van der Waals surface area contributed by atoms with Crippen molar-refractivity contribution in [1.82, 2.24) is 14.8 Å². The summed E-state index contributed by atoms with van der Waals surface area (Å²) in [6.07, 6.45) is 2.41. The van der Waals surface area contributed by atoms with Gasteiger partial charge in [-0.05, 0) is 19.8 Å². The highest BCUT2D eigenvalue weighted by molar-refractivity contribution is 7.99. The van der Waals surface area contributed by atoms with E-state index in [9.17, 15) is 4.79 Å². The van der Waals surface area contributed by atoms with E-state index < -0.39 is 5.97 Å². The van der Waals surface area contributed by atoms with Crippen LogP contribution in [0.4, 0.5) is 5.95 Å². The molecule has 1 fully saturated rings. The molecule has 1 aromatic rings. The van der Waals surface area contributed by atoms with E-state index in [4.69, 9.17) is 5.11 Å². The molecule has 0 aliphatic heterocycles. The molecule has 0 aromatic carbocycles. The predicted molar refractivity (Wildman–Crippen MR) is 65.4 cm³/mol. The number of carbonyl (C=O) groups is 1. The van der Waals surface area contributed by atoms with E-state index in [2.05, 4.69) is 22.0 Å². The Labute approximate surface area is 104 Å². The molecule has 0 amide bonds. The minimum atomic E-state index is -0.839. The second kappa shape index (κ2) is 4.95.